The number of benzene rings is 1. The summed E-state index contributed by atoms with van der Waals surface area (Å²) >= 11 is 3.48. The fourth-order valence-corrected chi connectivity index (χ4v) is 2.65. The van der Waals surface area contributed by atoms with E-state index in [1.54, 1.807) is 4.90 Å². The van der Waals surface area contributed by atoms with Gasteiger partial charge in [0.25, 0.3) is 0 Å². The van der Waals surface area contributed by atoms with Crippen molar-refractivity contribution in [3.8, 4) is 0 Å². The second-order valence-corrected chi connectivity index (χ2v) is 5.42. The average Bonchev–Trinajstić information content (AvgIpc) is 2.35. The Bertz CT molecular complexity index is 438. The molecule has 1 aliphatic rings. The molecule has 0 radical (unpaired) electrons. The van der Waals surface area contributed by atoms with Crippen LogP contribution < -0.4 is 10.2 Å². The topological polar surface area (TPSA) is 35.6 Å². The van der Waals surface area contributed by atoms with Crippen molar-refractivity contribution >= 4 is 27.5 Å². The molecule has 1 aromatic carbocycles. The molecule has 1 aliphatic heterocycles. The van der Waals surface area contributed by atoms with Gasteiger partial charge in [-0.15, -0.1) is 0 Å². The molecule has 98 valence electrons. The normalized spacial score (nSPS) is 20.4. The Labute approximate surface area is 116 Å². The highest BCUT2D eigenvalue weighted by molar-refractivity contribution is 9.10. The van der Waals surface area contributed by atoms with Crippen LogP contribution in [-0.4, -0.2) is 50.6 Å². The number of hydrogen-bond acceptors (Lipinski definition) is 3. The molecular formula is C13H18BrN3O. The van der Waals surface area contributed by atoms with E-state index in [1.807, 2.05) is 32.3 Å². The van der Waals surface area contributed by atoms with Crippen molar-refractivity contribution in [3.05, 3.63) is 28.7 Å². The monoisotopic (exact) mass is 311 g/mol. The highest BCUT2D eigenvalue weighted by Gasteiger charge is 2.32. The van der Waals surface area contributed by atoms with Crippen LogP contribution >= 0.6 is 15.9 Å². The van der Waals surface area contributed by atoms with E-state index in [2.05, 4.69) is 32.2 Å². The van der Waals surface area contributed by atoms with E-state index >= 15 is 0 Å². The number of nitrogens with one attached hydrogen (secondary N) is 1. The zero-order valence-electron chi connectivity index (χ0n) is 10.7. The van der Waals surface area contributed by atoms with Crippen LogP contribution in [0.2, 0.25) is 0 Å². The van der Waals surface area contributed by atoms with Gasteiger partial charge >= 0.3 is 0 Å². The summed E-state index contributed by atoms with van der Waals surface area (Å²) in [4.78, 5) is 16.2. The summed E-state index contributed by atoms with van der Waals surface area (Å²) in [5.74, 6) is 0.176. The molecule has 18 heavy (non-hydrogen) atoms. The molecule has 1 saturated heterocycles. The lowest BCUT2D eigenvalue weighted by Gasteiger charge is -2.40. The van der Waals surface area contributed by atoms with E-state index in [-0.39, 0.29) is 11.9 Å². The number of piperazine rings is 1. The quantitative estimate of drug-likeness (QED) is 0.914. The Morgan fingerprint density at radius 3 is 2.89 bits per heavy atom. The van der Waals surface area contributed by atoms with E-state index in [1.165, 1.54) is 0 Å². The molecule has 1 heterocycles. The first-order valence-electron chi connectivity index (χ1n) is 6.05. The van der Waals surface area contributed by atoms with Crippen molar-refractivity contribution in [3.63, 3.8) is 0 Å². The van der Waals surface area contributed by atoms with Crippen molar-refractivity contribution in [1.82, 2.24) is 10.2 Å². The third kappa shape index (κ3) is 2.67. The van der Waals surface area contributed by atoms with Crippen molar-refractivity contribution in [1.29, 1.82) is 0 Å². The van der Waals surface area contributed by atoms with Gasteiger partial charge in [0.15, 0.2) is 0 Å². The minimum atomic E-state index is -0.122. The number of carbonyl (C=O) groups is 1. The predicted octanol–water partition coefficient (Wildman–Crippen LogP) is 1.32. The highest BCUT2D eigenvalue weighted by atomic mass is 79.9. The molecule has 1 atom stereocenters. The average molecular weight is 312 g/mol. The van der Waals surface area contributed by atoms with Crippen molar-refractivity contribution in [2.24, 2.45) is 0 Å². The Morgan fingerprint density at radius 2 is 2.22 bits per heavy atom. The predicted molar refractivity (Wildman–Crippen MR) is 76.8 cm³/mol. The summed E-state index contributed by atoms with van der Waals surface area (Å²) in [6.45, 7) is 2.30. The molecule has 0 saturated carbocycles. The van der Waals surface area contributed by atoms with Gasteiger partial charge in [0.1, 0.15) is 6.04 Å². The van der Waals surface area contributed by atoms with Gasteiger partial charge in [-0.25, -0.2) is 0 Å². The van der Waals surface area contributed by atoms with Crippen molar-refractivity contribution < 1.29 is 4.79 Å². The molecule has 1 N–H and O–H groups in total. The standard InChI is InChI=1S/C13H18BrN3O/c1-15-9-12-13(18)16(2)6-7-17(12)11-5-3-4-10(14)8-11/h3-5,8,12,15H,6-7,9H2,1-2H3. The van der Waals surface area contributed by atoms with Gasteiger partial charge in [0, 0.05) is 36.8 Å². The maximum absolute atomic E-state index is 12.2. The zero-order valence-corrected chi connectivity index (χ0v) is 12.3. The van der Waals surface area contributed by atoms with Gasteiger partial charge in [0.2, 0.25) is 5.91 Å². The van der Waals surface area contributed by atoms with Crippen LogP contribution in [0, 0.1) is 0 Å². The highest BCUT2D eigenvalue weighted by Crippen LogP contribution is 2.24. The minimum absolute atomic E-state index is 0.122. The lowest BCUT2D eigenvalue weighted by molar-refractivity contribution is -0.132. The van der Waals surface area contributed by atoms with E-state index in [4.69, 9.17) is 0 Å². The van der Waals surface area contributed by atoms with Crippen LogP contribution in [0.25, 0.3) is 0 Å². The Morgan fingerprint density at radius 1 is 1.44 bits per heavy atom. The summed E-state index contributed by atoms with van der Waals surface area (Å²) in [5.41, 5.74) is 1.09. The molecular weight excluding hydrogens is 294 g/mol. The molecule has 1 amide bonds. The molecule has 0 spiro atoms. The largest absolute Gasteiger partial charge is 0.357 e. The first-order valence-corrected chi connectivity index (χ1v) is 6.84. The fraction of sp³-hybridized carbons (Fsp3) is 0.462. The fourth-order valence-electron chi connectivity index (χ4n) is 2.27. The number of halogens is 1. The number of rotatable bonds is 3. The maximum Gasteiger partial charge on any atom is 0.246 e. The molecule has 0 bridgehead atoms. The molecule has 2 rings (SSSR count). The smallest absolute Gasteiger partial charge is 0.246 e. The molecule has 4 nitrogen and oxygen atoms in total. The third-order valence-electron chi connectivity index (χ3n) is 3.25. The van der Waals surface area contributed by atoms with Crippen LogP contribution in [0.1, 0.15) is 0 Å². The van der Waals surface area contributed by atoms with E-state index in [0.29, 0.717) is 6.54 Å². The zero-order chi connectivity index (χ0) is 13.1. The number of hydrogen-bond donors (Lipinski definition) is 1. The Kier molecular flexibility index (Phi) is 4.24. The molecule has 0 aliphatic carbocycles. The Hall–Kier alpha value is -1.07. The lowest BCUT2D eigenvalue weighted by Crippen LogP contribution is -2.59. The summed E-state index contributed by atoms with van der Waals surface area (Å²) in [7, 11) is 3.74. The minimum Gasteiger partial charge on any atom is -0.357 e. The van der Waals surface area contributed by atoms with Crippen LogP contribution in [0.5, 0.6) is 0 Å². The van der Waals surface area contributed by atoms with Crippen LogP contribution in [0.4, 0.5) is 5.69 Å². The summed E-state index contributed by atoms with van der Waals surface area (Å²) < 4.78 is 1.04. The van der Waals surface area contributed by atoms with E-state index in [0.717, 1.165) is 23.2 Å². The molecule has 5 heteroatoms. The number of amides is 1. The van der Waals surface area contributed by atoms with E-state index < -0.39 is 0 Å². The summed E-state index contributed by atoms with van der Waals surface area (Å²) in [6.07, 6.45) is 0. The molecule has 1 fully saturated rings. The summed E-state index contributed by atoms with van der Waals surface area (Å²) in [5, 5.41) is 3.10. The number of anilines is 1. The van der Waals surface area contributed by atoms with Gasteiger partial charge in [0.05, 0.1) is 0 Å². The van der Waals surface area contributed by atoms with Gasteiger partial charge in [-0.1, -0.05) is 22.0 Å². The van der Waals surface area contributed by atoms with Crippen LogP contribution in [0.15, 0.2) is 28.7 Å². The SMILES string of the molecule is CNCC1C(=O)N(C)CCN1c1cccc(Br)c1. The van der Waals surface area contributed by atoms with Crippen molar-refractivity contribution in [2.45, 2.75) is 6.04 Å². The first kappa shape index (κ1) is 13.4. The van der Waals surface area contributed by atoms with Gasteiger partial charge in [-0.05, 0) is 25.2 Å². The van der Waals surface area contributed by atoms with E-state index in [9.17, 15) is 4.79 Å². The number of likely N-dealkylation sites (N-methyl/N-ethyl adjacent to an activating group) is 2. The first-order chi connectivity index (χ1) is 8.63. The number of nitrogens with zero attached hydrogens (tertiary/aromatic N) is 2. The number of carbonyl (C=O) groups excluding carboxylic acids is 1. The van der Waals surface area contributed by atoms with Crippen LogP contribution in [-0.2, 0) is 4.79 Å². The maximum atomic E-state index is 12.2. The molecule has 1 unspecified atom stereocenters. The molecule has 1 aromatic rings. The van der Waals surface area contributed by atoms with Gasteiger partial charge < -0.3 is 15.1 Å². The van der Waals surface area contributed by atoms with Gasteiger partial charge in [-0.3, -0.25) is 4.79 Å². The Balaban J connectivity index is 2.27. The second kappa shape index (κ2) is 5.71. The van der Waals surface area contributed by atoms with Gasteiger partial charge in [-0.2, -0.15) is 0 Å². The summed E-state index contributed by atoms with van der Waals surface area (Å²) in [6, 6.07) is 7.98. The van der Waals surface area contributed by atoms with Crippen LogP contribution in [0.3, 0.4) is 0 Å². The molecule has 0 aromatic heterocycles. The third-order valence-corrected chi connectivity index (χ3v) is 3.74. The second-order valence-electron chi connectivity index (χ2n) is 4.51. The lowest BCUT2D eigenvalue weighted by atomic mass is 10.1. The van der Waals surface area contributed by atoms with Crippen molar-refractivity contribution in [2.75, 3.05) is 38.6 Å².